The average Bonchev–Trinajstić information content (AvgIpc) is 1.97. The van der Waals surface area contributed by atoms with E-state index in [2.05, 4.69) is 0 Å². The Morgan fingerprint density at radius 2 is 1.70 bits per heavy atom. The summed E-state index contributed by atoms with van der Waals surface area (Å²) in [5, 5.41) is 0. The fourth-order valence-corrected chi connectivity index (χ4v) is 2.24. The molecule has 0 amide bonds. The molecule has 0 aromatic carbocycles. The van der Waals surface area contributed by atoms with Crippen molar-refractivity contribution >= 4 is 9.84 Å². The Labute approximate surface area is 61.2 Å². The Hall–Kier alpha value is -0.570. The molecular weight excluding hydrogens is 148 g/mol. The van der Waals surface area contributed by atoms with Crippen LogP contribution in [0.2, 0.25) is 0 Å². The fraction of sp³-hybridized carbons (Fsp3) is 0.429. The topological polar surface area (TPSA) is 34.1 Å². The lowest BCUT2D eigenvalue weighted by molar-refractivity contribution is 0.608. The van der Waals surface area contributed by atoms with Crippen LogP contribution in [0.4, 0.5) is 0 Å². The third-order valence-corrected chi connectivity index (χ3v) is 3.90. The first-order chi connectivity index (χ1) is 4.46. The van der Waals surface area contributed by atoms with Crippen molar-refractivity contribution in [1.29, 1.82) is 0 Å². The Bertz CT molecular complexity index is 318. The maximum absolute atomic E-state index is 11.2. The molecule has 10 heavy (non-hydrogen) atoms. The minimum Gasteiger partial charge on any atom is -0.219 e. The number of hydrogen-bond acceptors (Lipinski definition) is 2. The van der Waals surface area contributed by atoms with Gasteiger partial charge in [0.1, 0.15) is 0 Å². The second-order valence-corrected chi connectivity index (χ2v) is 4.76. The Balaban J connectivity index is 3.39. The van der Waals surface area contributed by atoms with Crippen LogP contribution in [0, 0.1) is 0 Å². The molecule has 1 heterocycles. The zero-order valence-electron chi connectivity index (χ0n) is 6.30. The van der Waals surface area contributed by atoms with Gasteiger partial charge in [-0.1, -0.05) is 0 Å². The molecule has 0 atom stereocenters. The van der Waals surface area contributed by atoms with Crippen LogP contribution >= 0.6 is 0 Å². The molecule has 1 rings (SSSR count). The van der Waals surface area contributed by atoms with E-state index in [4.69, 9.17) is 0 Å². The van der Waals surface area contributed by atoms with Gasteiger partial charge < -0.3 is 0 Å². The zero-order valence-corrected chi connectivity index (χ0v) is 7.12. The van der Waals surface area contributed by atoms with Gasteiger partial charge in [0.05, 0.1) is 0 Å². The van der Waals surface area contributed by atoms with E-state index in [0.717, 1.165) is 5.57 Å². The molecule has 0 fully saturated rings. The van der Waals surface area contributed by atoms with Crippen LogP contribution in [0.5, 0.6) is 0 Å². The third kappa shape index (κ3) is 0.814. The van der Waals surface area contributed by atoms with E-state index >= 15 is 0 Å². The molecule has 0 radical (unpaired) electrons. The smallest absolute Gasteiger partial charge is 0.198 e. The van der Waals surface area contributed by atoms with Crippen LogP contribution in [0.15, 0.2) is 21.5 Å². The zero-order chi connectivity index (χ0) is 7.94. The van der Waals surface area contributed by atoms with E-state index in [1.54, 1.807) is 19.9 Å². The lowest BCUT2D eigenvalue weighted by Crippen LogP contribution is -1.97. The maximum atomic E-state index is 11.2. The van der Waals surface area contributed by atoms with E-state index in [-0.39, 0.29) is 0 Å². The maximum Gasteiger partial charge on any atom is 0.198 e. The van der Waals surface area contributed by atoms with E-state index in [0.29, 0.717) is 9.81 Å². The highest BCUT2D eigenvalue weighted by Crippen LogP contribution is 2.27. The Morgan fingerprint density at radius 1 is 1.20 bits per heavy atom. The molecule has 0 saturated heterocycles. The van der Waals surface area contributed by atoms with Crippen LogP contribution < -0.4 is 0 Å². The highest BCUT2D eigenvalue weighted by atomic mass is 32.2. The molecule has 0 bridgehead atoms. The van der Waals surface area contributed by atoms with Gasteiger partial charge in [-0.3, -0.25) is 0 Å². The molecule has 2 nitrogen and oxygen atoms in total. The predicted octanol–water partition coefficient (Wildman–Crippen LogP) is 1.61. The summed E-state index contributed by atoms with van der Waals surface area (Å²) in [6.45, 7) is 5.07. The van der Waals surface area contributed by atoms with E-state index in [9.17, 15) is 8.42 Å². The molecule has 0 unspecified atom stereocenters. The number of allylic oxidation sites excluding steroid dienone is 4. The van der Waals surface area contributed by atoms with Crippen molar-refractivity contribution in [3.8, 4) is 0 Å². The standard InChI is InChI=1S/C7H10O2S/c1-5-4-6(2)10(8,9)7(5)3/h4H,1-3H3. The second-order valence-electron chi connectivity index (χ2n) is 2.50. The van der Waals surface area contributed by atoms with Gasteiger partial charge in [-0.2, -0.15) is 0 Å². The highest BCUT2D eigenvalue weighted by molar-refractivity contribution is 7.99. The summed E-state index contributed by atoms with van der Waals surface area (Å²) in [6, 6.07) is 0. The van der Waals surface area contributed by atoms with Crippen molar-refractivity contribution in [3.63, 3.8) is 0 Å². The normalized spacial score (nSPS) is 23.3. The van der Waals surface area contributed by atoms with E-state index in [1.165, 1.54) is 0 Å². The highest BCUT2D eigenvalue weighted by Gasteiger charge is 2.23. The lowest BCUT2D eigenvalue weighted by atomic mass is 10.3. The van der Waals surface area contributed by atoms with Crippen molar-refractivity contribution in [1.82, 2.24) is 0 Å². The van der Waals surface area contributed by atoms with E-state index < -0.39 is 9.84 Å². The van der Waals surface area contributed by atoms with Crippen LogP contribution in [-0.2, 0) is 9.84 Å². The summed E-state index contributed by atoms with van der Waals surface area (Å²) < 4.78 is 22.4. The van der Waals surface area contributed by atoms with Gasteiger partial charge in [0, 0.05) is 9.81 Å². The number of sulfone groups is 1. The molecular formula is C7H10O2S. The minimum atomic E-state index is -3.01. The second kappa shape index (κ2) is 1.95. The summed E-state index contributed by atoms with van der Waals surface area (Å²) in [7, 11) is -3.01. The summed E-state index contributed by atoms with van der Waals surface area (Å²) in [5.74, 6) is 0. The van der Waals surface area contributed by atoms with Gasteiger partial charge in [-0.15, -0.1) is 0 Å². The Morgan fingerprint density at radius 3 is 1.80 bits per heavy atom. The van der Waals surface area contributed by atoms with Gasteiger partial charge >= 0.3 is 0 Å². The van der Waals surface area contributed by atoms with Gasteiger partial charge in [-0.25, -0.2) is 8.42 Å². The third-order valence-electron chi connectivity index (χ3n) is 1.80. The number of rotatable bonds is 0. The van der Waals surface area contributed by atoms with Gasteiger partial charge in [0.2, 0.25) is 0 Å². The Kier molecular flexibility index (Phi) is 1.47. The van der Waals surface area contributed by atoms with Gasteiger partial charge in [-0.05, 0) is 32.4 Å². The SMILES string of the molecule is CC1=CC(C)=C(C)S1(=O)=O. The summed E-state index contributed by atoms with van der Waals surface area (Å²) in [4.78, 5) is 0.951. The average molecular weight is 158 g/mol. The monoisotopic (exact) mass is 158 g/mol. The van der Waals surface area contributed by atoms with Crippen LogP contribution in [-0.4, -0.2) is 8.42 Å². The molecule has 0 spiro atoms. The summed E-state index contributed by atoms with van der Waals surface area (Å²) >= 11 is 0. The van der Waals surface area contributed by atoms with Gasteiger partial charge in [0.25, 0.3) is 0 Å². The van der Waals surface area contributed by atoms with Crippen molar-refractivity contribution in [2.45, 2.75) is 20.8 Å². The minimum absolute atomic E-state index is 0.461. The molecule has 3 heteroatoms. The molecule has 0 N–H and O–H groups in total. The summed E-state index contributed by atoms with van der Waals surface area (Å²) in [5.41, 5.74) is 0.859. The van der Waals surface area contributed by atoms with Crippen molar-refractivity contribution in [2.24, 2.45) is 0 Å². The van der Waals surface area contributed by atoms with Gasteiger partial charge in [0.15, 0.2) is 9.84 Å². The predicted molar refractivity (Wildman–Crippen MR) is 41.1 cm³/mol. The van der Waals surface area contributed by atoms with Crippen LogP contribution in [0.1, 0.15) is 20.8 Å². The molecule has 0 saturated carbocycles. The quantitative estimate of drug-likeness (QED) is 0.536. The molecule has 1 aliphatic heterocycles. The molecule has 1 aliphatic rings. The lowest BCUT2D eigenvalue weighted by Gasteiger charge is -1.95. The fourth-order valence-electron chi connectivity index (χ4n) is 0.938. The molecule has 0 aromatic heterocycles. The summed E-state index contributed by atoms with van der Waals surface area (Å²) in [6.07, 6.45) is 1.70. The van der Waals surface area contributed by atoms with Crippen molar-refractivity contribution in [2.75, 3.05) is 0 Å². The van der Waals surface area contributed by atoms with E-state index in [1.807, 2.05) is 6.92 Å². The first-order valence-electron chi connectivity index (χ1n) is 3.07. The molecule has 56 valence electrons. The first kappa shape index (κ1) is 7.54. The van der Waals surface area contributed by atoms with Crippen LogP contribution in [0.25, 0.3) is 0 Å². The van der Waals surface area contributed by atoms with Crippen molar-refractivity contribution < 1.29 is 8.42 Å². The largest absolute Gasteiger partial charge is 0.219 e. The first-order valence-corrected chi connectivity index (χ1v) is 4.55. The molecule has 0 aromatic rings. The molecule has 0 aliphatic carbocycles. The van der Waals surface area contributed by atoms with Crippen molar-refractivity contribution in [3.05, 3.63) is 21.5 Å². The van der Waals surface area contributed by atoms with Crippen LogP contribution in [0.3, 0.4) is 0 Å². The number of hydrogen-bond donors (Lipinski definition) is 0.